The zero-order valence-corrected chi connectivity index (χ0v) is 31.5. The Labute approximate surface area is 286 Å². The number of fused-ring (bicyclic) bond motifs is 1. The zero-order chi connectivity index (χ0) is 34.3. The second kappa shape index (κ2) is 13.9. The highest BCUT2D eigenvalue weighted by atomic mass is 79.9. The Balaban J connectivity index is 0.000000194. The summed E-state index contributed by atoms with van der Waals surface area (Å²) in [7, 11) is -1.42. The summed E-state index contributed by atoms with van der Waals surface area (Å²) in [6.07, 6.45) is 2.58. The summed E-state index contributed by atoms with van der Waals surface area (Å²) in [4.78, 5) is 10.4. The van der Waals surface area contributed by atoms with Crippen molar-refractivity contribution in [3.05, 3.63) is 60.9 Å². The van der Waals surface area contributed by atoms with Gasteiger partial charge in [-0.15, -0.1) is 0 Å². The molecular weight excluding hydrogens is 705 g/mol. The Kier molecular flexibility index (Phi) is 11.7. The third kappa shape index (κ3) is 8.47. The van der Waals surface area contributed by atoms with Gasteiger partial charge in [0.25, 0.3) is 0 Å². The Hall–Kier alpha value is -1.60. The molecule has 2 aromatic carbocycles. The maximum Gasteiger partial charge on any atom is 0.555 e. The summed E-state index contributed by atoms with van der Waals surface area (Å²) in [5.41, 5.74) is 2.60. The van der Waals surface area contributed by atoms with Crippen LogP contribution in [0.2, 0.25) is 5.72 Å². The van der Waals surface area contributed by atoms with Crippen LogP contribution in [0.25, 0.3) is 6.08 Å². The molecule has 3 aliphatic rings. The van der Waals surface area contributed by atoms with Crippen molar-refractivity contribution in [2.75, 3.05) is 0 Å². The number of allylic oxidation sites excluding steroid dienone is 1. The molecule has 5 rings (SSSR count). The molecule has 13 heteroatoms. The highest BCUT2D eigenvalue weighted by molar-refractivity contribution is 9.10. The maximum absolute atomic E-state index is 10.4. The van der Waals surface area contributed by atoms with Gasteiger partial charge < -0.3 is 33.4 Å². The van der Waals surface area contributed by atoms with E-state index in [1.165, 1.54) is 0 Å². The molecular formula is C32H45B3Br2O8. The standard InChI is InChI=1S/C14H28B2O4.C10H10BBrO2.C8H7BrO2/c1-10(15-17-11(2,3)12(4,5)18-15)16-19-13(6,7)14(8,9)20-16;1-6-3-9(12)5-8-4-7(2)11(13)14-10(6)8;1-5-2-7(9)3-6(4-10)8(5)11/h10H,1-9H3;3-5,13H,1-2H3;2-4,11H,1H3. The van der Waals surface area contributed by atoms with E-state index in [0.29, 0.717) is 17.4 Å². The average Bonchev–Trinajstić information content (AvgIpc) is 3.27. The fourth-order valence-electron chi connectivity index (χ4n) is 4.73. The van der Waals surface area contributed by atoms with Crippen LogP contribution in [0, 0.1) is 13.8 Å². The van der Waals surface area contributed by atoms with Gasteiger partial charge in [0.2, 0.25) is 0 Å². The third-order valence-corrected chi connectivity index (χ3v) is 10.0. The maximum atomic E-state index is 10.4. The van der Waals surface area contributed by atoms with Gasteiger partial charge in [0.1, 0.15) is 11.5 Å². The highest BCUT2D eigenvalue weighted by Gasteiger charge is 2.60. The van der Waals surface area contributed by atoms with E-state index in [4.69, 9.17) is 23.3 Å². The highest BCUT2D eigenvalue weighted by Crippen LogP contribution is 2.45. The number of aromatic hydroxyl groups is 1. The number of phenolic OH excluding ortho intramolecular Hbond substituents is 1. The molecule has 3 heterocycles. The quantitative estimate of drug-likeness (QED) is 0.241. The number of aryl methyl sites for hydroxylation is 2. The summed E-state index contributed by atoms with van der Waals surface area (Å²) in [6, 6.07) is 7.29. The lowest BCUT2D eigenvalue weighted by Gasteiger charge is -2.32. The minimum Gasteiger partial charge on any atom is -0.532 e. The predicted molar refractivity (Wildman–Crippen MR) is 189 cm³/mol. The van der Waals surface area contributed by atoms with Crippen molar-refractivity contribution in [1.82, 2.24) is 0 Å². The smallest absolute Gasteiger partial charge is 0.532 e. The lowest BCUT2D eigenvalue weighted by molar-refractivity contribution is 0.00578. The first-order valence-electron chi connectivity index (χ1n) is 15.0. The Morgan fingerprint density at radius 1 is 0.756 bits per heavy atom. The molecule has 0 unspecified atom stereocenters. The number of benzene rings is 2. The summed E-state index contributed by atoms with van der Waals surface area (Å²) in [5, 5.41) is 18.8. The van der Waals surface area contributed by atoms with E-state index in [9.17, 15) is 14.9 Å². The van der Waals surface area contributed by atoms with Gasteiger partial charge in [-0.25, -0.2) is 0 Å². The van der Waals surface area contributed by atoms with Crippen LogP contribution < -0.4 is 4.65 Å². The lowest BCUT2D eigenvalue weighted by atomic mass is 9.53. The van der Waals surface area contributed by atoms with Gasteiger partial charge in [-0.1, -0.05) is 44.9 Å². The van der Waals surface area contributed by atoms with Gasteiger partial charge in [-0.3, -0.25) is 4.79 Å². The largest absolute Gasteiger partial charge is 0.555 e. The summed E-state index contributed by atoms with van der Waals surface area (Å²) in [6.45, 7) is 24.1. The first kappa shape index (κ1) is 37.9. The number of carbonyl (C=O) groups excluding carboxylic acids is 1. The van der Waals surface area contributed by atoms with Gasteiger partial charge in [0, 0.05) is 20.2 Å². The van der Waals surface area contributed by atoms with E-state index >= 15 is 0 Å². The van der Waals surface area contributed by atoms with Crippen molar-refractivity contribution < 1.29 is 38.2 Å². The minimum absolute atomic E-state index is 0.0112. The number of phenols is 1. The van der Waals surface area contributed by atoms with Crippen LogP contribution in [0.4, 0.5) is 0 Å². The second-order valence-corrected chi connectivity index (χ2v) is 15.7. The Bertz CT molecular complexity index is 1380. The summed E-state index contributed by atoms with van der Waals surface area (Å²) in [5.74, 6) is 0.828. The molecule has 45 heavy (non-hydrogen) atoms. The third-order valence-electron chi connectivity index (χ3n) is 9.09. The minimum atomic E-state index is -0.803. The average molecular weight is 750 g/mol. The molecule has 0 bridgehead atoms. The molecule has 2 saturated heterocycles. The monoisotopic (exact) mass is 748 g/mol. The lowest BCUT2D eigenvalue weighted by Crippen LogP contribution is -2.41. The van der Waals surface area contributed by atoms with E-state index in [1.807, 2.05) is 32.1 Å². The van der Waals surface area contributed by atoms with Crippen molar-refractivity contribution in [3.8, 4) is 11.5 Å². The molecule has 244 valence electrons. The van der Waals surface area contributed by atoms with Gasteiger partial charge in [-0.05, 0) is 117 Å². The zero-order valence-electron chi connectivity index (χ0n) is 28.4. The fourth-order valence-corrected chi connectivity index (χ4v) is 5.91. The van der Waals surface area contributed by atoms with E-state index in [2.05, 4.69) is 94.2 Å². The Morgan fingerprint density at radius 3 is 1.62 bits per heavy atom. The first-order chi connectivity index (χ1) is 20.5. The summed E-state index contributed by atoms with van der Waals surface area (Å²) >= 11 is 6.65. The number of aldehydes is 1. The predicted octanol–water partition coefficient (Wildman–Crippen LogP) is 7.95. The number of rotatable bonds is 3. The van der Waals surface area contributed by atoms with E-state index < -0.39 is 7.12 Å². The van der Waals surface area contributed by atoms with Gasteiger partial charge >= 0.3 is 21.4 Å². The summed E-state index contributed by atoms with van der Waals surface area (Å²) < 4.78 is 31.6. The number of carbonyl (C=O) groups is 1. The van der Waals surface area contributed by atoms with Crippen molar-refractivity contribution in [1.29, 1.82) is 0 Å². The van der Waals surface area contributed by atoms with Crippen LogP contribution in [-0.2, 0) is 18.6 Å². The second-order valence-electron chi connectivity index (χ2n) is 13.9. The molecule has 0 radical (unpaired) electrons. The molecule has 0 aliphatic carbocycles. The molecule has 2 aromatic rings. The molecule has 8 nitrogen and oxygen atoms in total. The Morgan fingerprint density at radius 2 is 1.18 bits per heavy atom. The van der Waals surface area contributed by atoms with Crippen LogP contribution >= 0.6 is 31.9 Å². The van der Waals surface area contributed by atoms with Crippen LogP contribution in [0.5, 0.6) is 11.5 Å². The van der Waals surface area contributed by atoms with E-state index in [-0.39, 0.29) is 48.1 Å². The molecule has 2 N–H and O–H groups in total. The van der Waals surface area contributed by atoms with Crippen LogP contribution in [0.15, 0.2) is 38.7 Å². The number of hydrogen-bond acceptors (Lipinski definition) is 8. The van der Waals surface area contributed by atoms with Crippen LogP contribution in [-0.4, -0.2) is 60.2 Å². The van der Waals surface area contributed by atoms with Gasteiger partial charge in [0.05, 0.1) is 28.0 Å². The molecule has 2 fully saturated rings. The number of halogens is 2. The topological polar surface area (TPSA) is 104 Å². The number of hydrogen-bond donors (Lipinski definition) is 2. The van der Waals surface area contributed by atoms with Crippen molar-refractivity contribution in [2.45, 2.75) is 111 Å². The molecule has 3 aliphatic heterocycles. The van der Waals surface area contributed by atoms with Gasteiger partial charge in [-0.2, -0.15) is 0 Å². The van der Waals surface area contributed by atoms with Crippen molar-refractivity contribution in [2.24, 2.45) is 0 Å². The first-order valence-corrected chi connectivity index (χ1v) is 16.6. The normalized spacial score (nSPS) is 20.4. The molecule has 0 atom stereocenters. The molecule has 0 amide bonds. The molecule has 0 saturated carbocycles. The molecule has 0 spiro atoms. The van der Waals surface area contributed by atoms with E-state index in [0.717, 1.165) is 31.3 Å². The van der Waals surface area contributed by atoms with Crippen molar-refractivity contribution in [3.63, 3.8) is 0 Å². The fraction of sp³-hybridized carbons (Fsp3) is 0.531. The molecule has 0 aromatic heterocycles. The SMILES string of the molecule is CC(B1OC(C)(C)C(C)(C)O1)B1OC(C)(C)C(C)(C)O1.CC1=Cc2cc(Br)cc(C)c2OB1O.Cc1cc(Br)cc(C=O)c1O. The van der Waals surface area contributed by atoms with Crippen LogP contribution in [0.3, 0.4) is 0 Å². The van der Waals surface area contributed by atoms with Gasteiger partial charge in [0.15, 0.2) is 6.29 Å². The van der Waals surface area contributed by atoms with Crippen molar-refractivity contribution >= 4 is 65.6 Å². The van der Waals surface area contributed by atoms with E-state index in [1.54, 1.807) is 19.1 Å². The van der Waals surface area contributed by atoms with Crippen LogP contribution in [0.1, 0.15) is 96.3 Å².